The molecule has 2 N–H and O–H groups in total. The SMILES string of the molecule is O=C(COc1ccc(OCc2ccccc2)cc1)NCCO. The third-order valence-corrected chi connectivity index (χ3v) is 2.88. The van der Waals surface area contributed by atoms with Crippen molar-refractivity contribution in [2.75, 3.05) is 19.8 Å². The first-order chi connectivity index (χ1) is 10.8. The van der Waals surface area contributed by atoms with Crippen LogP contribution in [0.2, 0.25) is 0 Å². The minimum atomic E-state index is -0.265. The highest BCUT2D eigenvalue weighted by Gasteiger charge is 2.02. The van der Waals surface area contributed by atoms with Crippen LogP contribution in [-0.4, -0.2) is 30.8 Å². The lowest BCUT2D eigenvalue weighted by Gasteiger charge is -2.09. The average molecular weight is 301 g/mol. The molecule has 1 amide bonds. The van der Waals surface area contributed by atoms with Crippen molar-refractivity contribution in [1.82, 2.24) is 5.32 Å². The molecule has 0 bridgehead atoms. The Balaban J connectivity index is 1.76. The molecule has 116 valence electrons. The predicted octanol–water partition coefficient (Wildman–Crippen LogP) is 1.75. The zero-order valence-electron chi connectivity index (χ0n) is 12.2. The van der Waals surface area contributed by atoms with Crippen molar-refractivity contribution < 1.29 is 19.4 Å². The van der Waals surface area contributed by atoms with Gasteiger partial charge in [-0.3, -0.25) is 4.79 Å². The van der Waals surface area contributed by atoms with E-state index in [4.69, 9.17) is 14.6 Å². The molecular formula is C17H19NO4. The van der Waals surface area contributed by atoms with Crippen molar-refractivity contribution in [3.8, 4) is 11.5 Å². The maximum Gasteiger partial charge on any atom is 0.258 e. The molecule has 0 fully saturated rings. The number of hydrogen-bond acceptors (Lipinski definition) is 4. The Hall–Kier alpha value is -2.53. The predicted molar refractivity (Wildman–Crippen MR) is 82.8 cm³/mol. The second kappa shape index (κ2) is 8.69. The van der Waals surface area contributed by atoms with Gasteiger partial charge in [0.05, 0.1) is 6.61 Å². The summed E-state index contributed by atoms with van der Waals surface area (Å²) in [4.78, 5) is 11.3. The fourth-order valence-corrected chi connectivity index (χ4v) is 1.77. The lowest BCUT2D eigenvalue weighted by Crippen LogP contribution is -2.31. The first-order valence-corrected chi connectivity index (χ1v) is 7.05. The lowest BCUT2D eigenvalue weighted by atomic mass is 10.2. The van der Waals surface area contributed by atoms with Gasteiger partial charge in [-0.05, 0) is 29.8 Å². The molecule has 5 heteroatoms. The maximum atomic E-state index is 11.3. The summed E-state index contributed by atoms with van der Waals surface area (Å²) in [6, 6.07) is 17.0. The van der Waals surface area contributed by atoms with E-state index < -0.39 is 0 Å². The number of benzene rings is 2. The molecule has 0 aliphatic rings. The molecule has 2 aromatic carbocycles. The summed E-state index contributed by atoms with van der Waals surface area (Å²) < 4.78 is 11.0. The third-order valence-electron chi connectivity index (χ3n) is 2.88. The molecule has 0 radical (unpaired) electrons. The maximum absolute atomic E-state index is 11.3. The number of hydrogen-bond donors (Lipinski definition) is 2. The number of amides is 1. The van der Waals surface area contributed by atoms with Gasteiger partial charge in [-0.25, -0.2) is 0 Å². The van der Waals surface area contributed by atoms with Crippen LogP contribution in [-0.2, 0) is 11.4 Å². The van der Waals surface area contributed by atoms with Crippen LogP contribution < -0.4 is 14.8 Å². The molecule has 0 spiro atoms. The second-order valence-corrected chi connectivity index (χ2v) is 4.61. The standard InChI is InChI=1S/C17H19NO4/c19-11-10-18-17(20)13-22-16-8-6-15(7-9-16)21-12-14-4-2-1-3-5-14/h1-9,19H,10-13H2,(H,18,20). The summed E-state index contributed by atoms with van der Waals surface area (Å²) in [5.74, 6) is 1.06. The van der Waals surface area contributed by atoms with Crippen molar-refractivity contribution in [1.29, 1.82) is 0 Å². The van der Waals surface area contributed by atoms with Crippen LogP contribution in [0, 0.1) is 0 Å². The highest BCUT2D eigenvalue weighted by molar-refractivity contribution is 5.77. The molecule has 22 heavy (non-hydrogen) atoms. The van der Waals surface area contributed by atoms with Crippen LogP contribution in [0.15, 0.2) is 54.6 Å². The topological polar surface area (TPSA) is 67.8 Å². The Morgan fingerprint density at radius 3 is 2.23 bits per heavy atom. The van der Waals surface area contributed by atoms with Crippen LogP contribution in [0.4, 0.5) is 0 Å². The molecule has 2 aromatic rings. The fraction of sp³-hybridized carbons (Fsp3) is 0.235. The molecule has 0 aliphatic heterocycles. The molecule has 5 nitrogen and oxygen atoms in total. The second-order valence-electron chi connectivity index (χ2n) is 4.61. The van der Waals surface area contributed by atoms with Crippen LogP contribution >= 0.6 is 0 Å². The number of aliphatic hydroxyl groups is 1. The van der Waals surface area contributed by atoms with Gasteiger partial charge in [0, 0.05) is 6.54 Å². The van der Waals surface area contributed by atoms with E-state index in [1.165, 1.54) is 0 Å². The van der Waals surface area contributed by atoms with Crippen LogP contribution in [0.25, 0.3) is 0 Å². The van der Waals surface area contributed by atoms with Gasteiger partial charge < -0.3 is 19.9 Å². The molecule has 2 rings (SSSR count). The molecule has 0 aliphatic carbocycles. The van der Waals surface area contributed by atoms with Gasteiger partial charge in [0.25, 0.3) is 5.91 Å². The number of rotatable bonds is 8. The summed E-state index contributed by atoms with van der Waals surface area (Å²) in [5.41, 5.74) is 1.10. The molecule has 0 saturated carbocycles. The minimum absolute atomic E-state index is 0.0791. The monoisotopic (exact) mass is 301 g/mol. The van der Waals surface area contributed by atoms with E-state index in [2.05, 4.69) is 5.32 Å². The van der Waals surface area contributed by atoms with Crippen LogP contribution in [0.1, 0.15) is 5.56 Å². The number of nitrogens with one attached hydrogen (secondary N) is 1. The quantitative estimate of drug-likeness (QED) is 0.779. The van der Waals surface area contributed by atoms with E-state index in [0.717, 1.165) is 11.3 Å². The summed E-state index contributed by atoms with van der Waals surface area (Å²) >= 11 is 0. The Bertz CT molecular complexity index is 569. The summed E-state index contributed by atoms with van der Waals surface area (Å²) in [5, 5.41) is 11.1. The molecule has 0 aromatic heterocycles. The van der Waals surface area contributed by atoms with E-state index in [9.17, 15) is 4.79 Å². The van der Waals surface area contributed by atoms with Crippen molar-refractivity contribution in [3.05, 3.63) is 60.2 Å². The Labute approximate surface area is 129 Å². The molecule has 0 heterocycles. The Morgan fingerprint density at radius 2 is 1.59 bits per heavy atom. The summed E-state index contributed by atoms with van der Waals surface area (Å²) in [6.07, 6.45) is 0. The van der Waals surface area contributed by atoms with E-state index in [1.807, 2.05) is 30.3 Å². The number of carbonyl (C=O) groups excluding carboxylic acids is 1. The number of ether oxygens (including phenoxy) is 2. The van der Waals surface area contributed by atoms with Gasteiger partial charge in [0.1, 0.15) is 18.1 Å². The lowest BCUT2D eigenvalue weighted by molar-refractivity contribution is -0.123. The van der Waals surface area contributed by atoms with Gasteiger partial charge in [0.2, 0.25) is 0 Å². The van der Waals surface area contributed by atoms with Gasteiger partial charge in [-0.15, -0.1) is 0 Å². The zero-order chi connectivity index (χ0) is 15.6. The van der Waals surface area contributed by atoms with Crippen molar-refractivity contribution >= 4 is 5.91 Å². The Morgan fingerprint density at radius 1 is 0.955 bits per heavy atom. The normalized spacial score (nSPS) is 10.0. The largest absolute Gasteiger partial charge is 0.489 e. The van der Waals surface area contributed by atoms with Gasteiger partial charge in [0.15, 0.2) is 6.61 Å². The molecule has 0 saturated heterocycles. The van der Waals surface area contributed by atoms with Crippen molar-refractivity contribution in [2.45, 2.75) is 6.61 Å². The highest BCUT2D eigenvalue weighted by Crippen LogP contribution is 2.18. The minimum Gasteiger partial charge on any atom is -0.489 e. The van der Waals surface area contributed by atoms with Crippen molar-refractivity contribution in [2.24, 2.45) is 0 Å². The van der Waals surface area contributed by atoms with Crippen molar-refractivity contribution in [3.63, 3.8) is 0 Å². The van der Waals surface area contributed by atoms with E-state index in [1.54, 1.807) is 24.3 Å². The summed E-state index contributed by atoms with van der Waals surface area (Å²) in [6.45, 7) is 0.572. The number of carbonyl (C=O) groups is 1. The van der Waals surface area contributed by atoms with Gasteiger partial charge >= 0.3 is 0 Å². The van der Waals surface area contributed by atoms with Crippen LogP contribution in [0.5, 0.6) is 11.5 Å². The first-order valence-electron chi connectivity index (χ1n) is 7.05. The van der Waals surface area contributed by atoms with Gasteiger partial charge in [-0.2, -0.15) is 0 Å². The highest BCUT2D eigenvalue weighted by atomic mass is 16.5. The van der Waals surface area contributed by atoms with E-state index in [-0.39, 0.29) is 25.7 Å². The average Bonchev–Trinajstić information content (AvgIpc) is 2.58. The smallest absolute Gasteiger partial charge is 0.258 e. The zero-order valence-corrected chi connectivity index (χ0v) is 12.2. The van der Waals surface area contributed by atoms with Crippen LogP contribution in [0.3, 0.4) is 0 Å². The first kappa shape index (κ1) is 15.9. The summed E-state index contributed by atoms with van der Waals surface area (Å²) in [7, 11) is 0. The molecule has 0 atom stereocenters. The molecular weight excluding hydrogens is 282 g/mol. The van der Waals surface area contributed by atoms with E-state index in [0.29, 0.717) is 12.4 Å². The number of aliphatic hydroxyl groups excluding tert-OH is 1. The fourth-order valence-electron chi connectivity index (χ4n) is 1.77. The third kappa shape index (κ3) is 5.46. The Kier molecular flexibility index (Phi) is 6.26. The van der Waals surface area contributed by atoms with Gasteiger partial charge in [-0.1, -0.05) is 30.3 Å². The molecule has 0 unspecified atom stereocenters. The van der Waals surface area contributed by atoms with E-state index >= 15 is 0 Å².